The summed E-state index contributed by atoms with van der Waals surface area (Å²) >= 11 is 0. The van der Waals surface area contributed by atoms with Crippen LogP contribution in [-0.2, 0) is 9.59 Å². The van der Waals surface area contributed by atoms with Gasteiger partial charge in [-0.3, -0.25) is 4.79 Å². The molecule has 0 aromatic rings. The average molecular weight is 143 g/mol. The second-order valence-corrected chi connectivity index (χ2v) is 2.35. The van der Waals surface area contributed by atoms with E-state index in [2.05, 4.69) is 0 Å². The molecule has 1 unspecified atom stereocenters. The third-order valence-electron chi connectivity index (χ3n) is 1.50. The smallest absolute Gasteiger partial charge is 0.217 e. The number of hydrogen-bond acceptors (Lipinski definition) is 2. The molecule has 0 aliphatic carbocycles. The van der Waals surface area contributed by atoms with E-state index in [4.69, 9.17) is 5.73 Å². The Hall–Kier alpha value is -0.860. The Morgan fingerprint density at radius 3 is 2.60 bits per heavy atom. The number of hydrogen-bond donors (Lipinski definition) is 1. The third kappa shape index (κ3) is 4.06. The van der Waals surface area contributed by atoms with Crippen LogP contribution in [0.3, 0.4) is 0 Å². The van der Waals surface area contributed by atoms with E-state index in [1.54, 1.807) is 0 Å². The summed E-state index contributed by atoms with van der Waals surface area (Å²) in [6, 6.07) is 0. The van der Waals surface area contributed by atoms with Gasteiger partial charge in [0.2, 0.25) is 5.91 Å². The Kier molecular flexibility index (Phi) is 4.54. The first-order chi connectivity index (χ1) is 4.70. The maximum atomic E-state index is 10.3. The molecule has 0 aliphatic rings. The minimum absolute atomic E-state index is 0.148. The molecule has 0 spiro atoms. The summed E-state index contributed by atoms with van der Waals surface area (Å²) in [7, 11) is 0. The summed E-state index contributed by atoms with van der Waals surface area (Å²) in [6.07, 6.45) is 2.44. The molecule has 0 aromatic carbocycles. The van der Waals surface area contributed by atoms with Crippen LogP contribution in [0.15, 0.2) is 0 Å². The molecule has 0 aromatic heterocycles. The molecule has 0 radical (unpaired) electrons. The van der Waals surface area contributed by atoms with Gasteiger partial charge in [0, 0.05) is 12.8 Å². The van der Waals surface area contributed by atoms with Crippen molar-refractivity contribution in [2.45, 2.75) is 26.2 Å². The van der Waals surface area contributed by atoms with Crippen molar-refractivity contribution in [2.75, 3.05) is 0 Å². The van der Waals surface area contributed by atoms with Crippen molar-refractivity contribution < 1.29 is 9.59 Å². The molecule has 58 valence electrons. The topological polar surface area (TPSA) is 60.2 Å². The molecular formula is C7H13NO2. The van der Waals surface area contributed by atoms with Gasteiger partial charge in [0.15, 0.2) is 0 Å². The number of amides is 1. The number of carbonyl (C=O) groups is 2. The maximum Gasteiger partial charge on any atom is 0.217 e. The predicted molar refractivity (Wildman–Crippen MR) is 38.3 cm³/mol. The number of carbonyl (C=O) groups excluding carboxylic acids is 2. The monoisotopic (exact) mass is 143 g/mol. The van der Waals surface area contributed by atoms with Crippen molar-refractivity contribution in [3.8, 4) is 0 Å². The Morgan fingerprint density at radius 2 is 2.30 bits per heavy atom. The lowest BCUT2D eigenvalue weighted by molar-refractivity contribution is -0.119. The first-order valence-corrected chi connectivity index (χ1v) is 3.42. The lowest BCUT2D eigenvalue weighted by atomic mass is 9.99. The Bertz CT molecular complexity index is 123. The third-order valence-corrected chi connectivity index (χ3v) is 1.50. The molecule has 0 aliphatic heterocycles. The number of primary amides is 1. The van der Waals surface area contributed by atoms with Gasteiger partial charge in [-0.1, -0.05) is 13.3 Å². The molecular weight excluding hydrogens is 130 g/mol. The van der Waals surface area contributed by atoms with Crippen molar-refractivity contribution in [3.05, 3.63) is 0 Å². The van der Waals surface area contributed by atoms with E-state index in [9.17, 15) is 9.59 Å². The molecule has 3 nitrogen and oxygen atoms in total. The SMILES string of the molecule is CCC(CC=O)CC(N)=O. The molecule has 1 amide bonds. The van der Waals surface area contributed by atoms with Crippen LogP contribution in [0.4, 0.5) is 0 Å². The van der Waals surface area contributed by atoms with Crippen molar-refractivity contribution in [2.24, 2.45) is 11.7 Å². The largest absolute Gasteiger partial charge is 0.370 e. The van der Waals surface area contributed by atoms with Crippen molar-refractivity contribution >= 4 is 12.2 Å². The molecule has 3 heteroatoms. The highest BCUT2D eigenvalue weighted by molar-refractivity contribution is 5.74. The second-order valence-electron chi connectivity index (χ2n) is 2.35. The van der Waals surface area contributed by atoms with Crippen molar-refractivity contribution in [1.82, 2.24) is 0 Å². The first-order valence-electron chi connectivity index (χ1n) is 3.42. The predicted octanol–water partition coefficient (Wildman–Crippen LogP) is 0.477. The van der Waals surface area contributed by atoms with Gasteiger partial charge in [-0.2, -0.15) is 0 Å². The highest BCUT2D eigenvalue weighted by Gasteiger charge is 2.07. The first kappa shape index (κ1) is 9.14. The van der Waals surface area contributed by atoms with Crippen LogP contribution in [0.2, 0.25) is 0 Å². The zero-order valence-corrected chi connectivity index (χ0v) is 6.17. The standard InChI is InChI=1S/C7H13NO2/c1-2-6(3-4-9)5-7(8)10/h4,6H,2-3,5H2,1H3,(H2,8,10). The molecule has 0 fully saturated rings. The molecule has 0 saturated heterocycles. The van der Waals surface area contributed by atoms with Gasteiger partial charge in [-0.05, 0) is 5.92 Å². The van der Waals surface area contributed by atoms with Crippen molar-refractivity contribution in [3.63, 3.8) is 0 Å². The zero-order valence-electron chi connectivity index (χ0n) is 6.17. The minimum Gasteiger partial charge on any atom is -0.370 e. The normalized spacial score (nSPS) is 12.5. The number of aldehydes is 1. The summed E-state index contributed by atoms with van der Waals surface area (Å²) in [4.78, 5) is 20.4. The molecule has 0 bridgehead atoms. The highest BCUT2D eigenvalue weighted by Crippen LogP contribution is 2.09. The van der Waals surface area contributed by atoms with Crippen LogP contribution < -0.4 is 5.73 Å². The van der Waals surface area contributed by atoms with Gasteiger partial charge in [0.05, 0.1) is 0 Å². The summed E-state index contributed by atoms with van der Waals surface area (Å²) in [5, 5.41) is 0. The van der Waals surface area contributed by atoms with Gasteiger partial charge < -0.3 is 10.5 Å². The fourth-order valence-electron chi connectivity index (χ4n) is 0.815. The lowest BCUT2D eigenvalue weighted by Gasteiger charge is -2.06. The molecule has 2 N–H and O–H groups in total. The Morgan fingerprint density at radius 1 is 1.70 bits per heavy atom. The van der Waals surface area contributed by atoms with E-state index in [-0.39, 0.29) is 11.8 Å². The Labute approximate surface area is 60.6 Å². The van der Waals surface area contributed by atoms with Crippen LogP contribution in [0, 0.1) is 5.92 Å². The second kappa shape index (κ2) is 4.97. The quantitative estimate of drug-likeness (QED) is 0.569. The summed E-state index contributed by atoms with van der Waals surface area (Å²) < 4.78 is 0. The van der Waals surface area contributed by atoms with E-state index >= 15 is 0 Å². The molecule has 0 rings (SSSR count). The van der Waals surface area contributed by atoms with Crippen LogP contribution in [0.1, 0.15) is 26.2 Å². The van der Waals surface area contributed by atoms with Gasteiger partial charge in [-0.15, -0.1) is 0 Å². The van der Waals surface area contributed by atoms with Crippen LogP contribution >= 0.6 is 0 Å². The molecule has 0 saturated carbocycles. The highest BCUT2D eigenvalue weighted by atomic mass is 16.1. The molecule has 10 heavy (non-hydrogen) atoms. The lowest BCUT2D eigenvalue weighted by Crippen LogP contribution is -2.16. The van der Waals surface area contributed by atoms with Crippen LogP contribution in [0.25, 0.3) is 0 Å². The Balaban J connectivity index is 3.59. The van der Waals surface area contributed by atoms with E-state index in [0.29, 0.717) is 12.8 Å². The number of nitrogens with two attached hydrogens (primary N) is 1. The van der Waals surface area contributed by atoms with Gasteiger partial charge in [-0.25, -0.2) is 0 Å². The van der Waals surface area contributed by atoms with E-state index in [0.717, 1.165) is 12.7 Å². The maximum absolute atomic E-state index is 10.3. The minimum atomic E-state index is -0.325. The van der Waals surface area contributed by atoms with Gasteiger partial charge in [0.25, 0.3) is 0 Å². The molecule has 1 atom stereocenters. The van der Waals surface area contributed by atoms with Gasteiger partial charge >= 0.3 is 0 Å². The summed E-state index contributed by atoms with van der Waals surface area (Å²) in [6.45, 7) is 1.94. The van der Waals surface area contributed by atoms with E-state index < -0.39 is 0 Å². The van der Waals surface area contributed by atoms with Gasteiger partial charge in [0.1, 0.15) is 6.29 Å². The zero-order chi connectivity index (χ0) is 7.98. The average Bonchev–Trinajstić information content (AvgIpc) is 1.86. The summed E-state index contributed by atoms with van der Waals surface area (Å²) in [5.41, 5.74) is 4.94. The van der Waals surface area contributed by atoms with Crippen molar-refractivity contribution in [1.29, 1.82) is 0 Å². The van der Waals surface area contributed by atoms with Crippen LogP contribution in [0.5, 0.6) is 0 Å². The fraction of sp³-hybridized carbons (Fsp3) is 0.714. The number of rotatable bonds is 5. The fourth-order valence-corrected chi connectivity index (χ4v) is 0.815. The van der Waals surface area contributed by atoms with E-state index in [1.807, 2.05) is 6.92 Å². The summed E-state index contributed by atoms with van der Waals surface area (Å²) in [5.74, 6) is -0.177. The van der Waals surface area contributed by atoms with Crippen LogP contribution in [-0.4, -0.2) is 12.2 Å². The molecule has 0 heterocycles. The van der Waals surface area contributed by atoms with E-state index in [1.165, 1.54) is 0 Å².